The molecule has 0 bridgehead atoms. The first kappa shape index (κ1) is 29.4. The monoisotopic (exact) mass is 527 g/mol. The van der Waals surface area contributed by atoms with Crippen molar-refractivity contribution in [1.29, 1.82) is 0 Å². The van der Waals surface area contributed by atoms with Crippen molar-refractivity contribution in [3.05, 3.63) is 22.8 Å². The number of Topliss-reactive ketones (excluding diaryl/α,β-unsaturated/α-hetero) is 1. The molecule has 0 aliphatic heterocycles. The van der Waals surface area contributed by atoms with Crippen LogP contribution in [-0.2, 0) is 9.53 Å². The summed E-state index contributed by atoms with van der Waals surface area (Å²) in [4.78, 5) is 28.0. The Balaban J connectivity index is 1.60. The van der Waals surface area contributed by atoms with E-state index in [2.05, 4.69) is 13.0 Å². The lowest BCUT2D eigenvalue weighted by atomic mass is 9.52. The molecule has 0 aromatic heterocycles. The maximum absolute atomic E-state index is 14.1. The Hall–Kier alpha value is -1.62. The maximum Gasteiger partial charge on any atom is 0.409 e. The number of carbonyl (C=O) groups is 2. The van der Waals surface area contributed by atoms with Gasteiger partial charge in [0.1, 0.15) is 5.78 Å². The zero-order chi connectivity index (χ0) is 27.3. The molecular formula is C33H53NO4. The van der Waals surface area contributed by atoms with Gasteiger partial charge in [0.2, 0.25) is 0 Å². The van der Waals surface area contributed by atoms with Crippen molar-refractivity contribution in [2.24, 2.45) is 29.1 Å². The van der Waals surface area contributed by atoms with Crippen molar-refractivity contribution in [2.75, 3.05) is 20.2 Å². The predicted molar refractivity (Wildman–Crippen MR) is 153 cm³/mol. The molecule has 5 nitrogen and oxygen atoms in total. The highest BCUT2D eigenvalue weighted by molar-refractivity contribution is 5.82. The van der Waals surface area contributed by atoms with Gasteiger partial charge < -0.3 is 14.7 Å². The Morgan fingerprint density at radius 3 is 2.68 bits per heavy atom. The Kier molecular flexibility index (Phi) is 10.2. The summed E-state index contributed by atoms with van der Waals surface area (Å²) in [6.45, 7) is 6.90. The lowest BCUT2D eigenvalue weighted by Gasteiger charge is -2.52. The molecule has 0 aromatic carbocycles. The molecule has 5 heteroatoms. The van der Waals surface area contributed by atoms with Crippen molar-refractivity contribution in [3.63, 3.8) is 0 Å². The molecule has 2 fully saturated rings. The highest BCUT2D eigenvalue weighted by atomic mass is 16.6. The lowest BCUT2D eigenvalue weighted by Crippen LogP contribution is -2.45. The van der Waals surface area contributed by atoms with Gasteiger partial charge in [0.25, 0.3) is 0 Å². The molecule has 4 rings (SSSR count). The number of aliphatic hydroxyl groups excluding tert-OH is 1. The van der Waals surface area contributed by atoms with Gasteiger partial charge in [-0.25, -0.2) is 4.79 Å². The topological polar surface area (TPSA) is 66.8 Å². The van der Waals surface area contributed by atoms with E-state index in [1.165, 1.54) is 51.4 Å². The van der Waals surface area contributed by atoms with Crippen LogP contribution in [0.5, 0.6) is 0 Å². The number of rotatable bonds is 12. The number of amides is 1. The molecule has 214 valence electrons. The van der Waals surface area contributed by atoms with Crippen LogP contribution in [0.15, 0.2) is 22.8 Å². The first-order valence-electron chi connectivity index (χ1n) is 15.7. The summed E-state index contributed by atoms with van der Waals surface area (Å²) >= 11 is 0. The van der Waals surface area contributed by atoms with E-state index < -0.39 is 0 Å². The smallest absolute Gasteiger partial charge is 0.409 e. The fourth-order valence-corrected chi connectivity index (χ4v) is 8.46. The van der Waals surface area contributed by atoms with Crippen LogP contribution in [0.25, 0.3) is 0 Å². The van der Waals surface area contributed by atoms with E-state index in [9.17, 15) is 14.7 Å². The highest BCUT2D eigenvalue weighted by Crippen LogP contribution is 2.63. The summed E-state index contributed by atoms with van der Waals surface area (Å²) in [5, 5.41) is 9.24. The van der Waals surface area contributed by atoms with Gasteiger partial charge in [-0.05, 0) is 112 Å². The van der Waals surface area contributed by atoms with Gasteiger partial charge >= 0.3 is 6.09 Å². The highest BCUT2D eigenvalue weighted by Gasteiger charge is 2.54. The fraction of sp³-hybridized carbons (Fsp3) is 0.818. The Labute approximate surface area is 231 Å². The number of aliphatic hydroxyl groups is 1. The predicted octanol–water partition coefficient (Wildman–Crippen LogP) is 7.62. The summed E-state index contributed by atoms with van der Waals surface area (Å²) in [5.41, 5.74) is 5.28. The summed E-state index contributed by atoms with van der Waals surface area (Å²) in [6, 6.07) is 0. The zero-order valence-corrected chi connectivity index (χ0v) is 24.6. The Morgan fingerprint density at radius 1 is 1.13 bits per heavy atom. The molecule has 4 aliphatic carbocycles. The maximum atomic E-state index is 14.1. The van der Waals surface area contributed by atoms with Gasteiger partial charge in [0.15, 0.2) is 0 Å². The number of nitrogens with zero attached hydrogens (tertiary/aromatic N) is 1. The number of hydrogen-bond donors (Lipinski definition) is 1. The number of hydrogen-bond acceptors (Lipinski definition) is 4. The van der Waals surface area contributed by atoms with E-state index in [1.807, 2.05) is 13.8 Å². The van der Waals surface area contributed by atoms with Crippen molar-refractivity contribution < 1.29 is 19.4 Å². The molecule has 4 aliphatic rings. The number of allylic oxidation sites excluding steroid dienone is 4. The van der Waals surface area contributed by atoms with Gasteiger partial charge in [-0.1, -0.05) is 44.3 Å². The molecule has 2 saturated carbocycles. The third-order valence-corrected chi connectivity index (χ3v) is 10.3. The summed E-state index contributed by atoms with van der Waals surface area (Å²) in [7, 11) is 1.74. The number of fused-ring (bicyclic) bond motifs is 4. The van der Waals surface area contributed by atoms with Crippen LogP contribution < -0.4 is 0 Å². The van der Waals surface area contributed by atoms with Crippen molar-refractivity contribution in [2.45, 2.75) is 123 Å². The summed E-state index contributed by atoms with van der Waals surface area (Å²) in [5.74, 6) is 2.14. The van der Waals surface area contributed by atoms with Crippen LogP contribution in [0, 0.1) is 29.1 Å². The van der Waals surface area contributed by atoms with Crippen LogP contribution in [0.4, 0.5) is 4.79 Å². The normalized spacial score (nSPS) is 29.3. The minimum Gasteiger partial charge on any atom is -0.447 e. The van der Waals surface area contributed by atoms with Gasteiger partial charge in [-0.15, -0.1) is 0 Å². The second kappa shape index (κ2) is 13.2. The molecule has 0 aromatic rings. The number of unbranched alkanes of at least 4 members (excludes halogenated alkanes) is 3. The van der Waals surface area contributed by atoms with E-state index in [0.717, 1.165) is 44.4 Å². The van der Waals surface area contributed by atoms with E-state index in [0.29, 0.717) is 36.0 Å². The quantitative estimate of drug-likeness (QED) is 0.265. The van der Waals surface area contributed by atoms with Crippen molar-refractivity contribution in [1.82, 2.24) is 4.90 Å². The molecule has 0 saturated heterocycles. The molecule has 3 unspecified atom stereocenters. The minimum atomic E-state index is -0.346. The second-order valence-electron chi connectivity index (χ2n) is 13.3. The third kappa shape index (κ3) is 6.57. The standard InChI is InChI=1S/C33H53NO4/c1-23(2)38-32(37)34(4)20-18-30(36)26(14-7-5-6-10-21-35)28-22-33(3)19-11-15-29(33)27-17-16-24-12-8-9-13-25(24)31(27)28/h12,23,26-29,35H,5-11,13-22H2,1-4H3/t26?,27?,28-,29?,33+/m1/s1. The first-order valence-corrected chi connectivity index (χ1v) is 15.7. The lowest BCUT2D eigenvalue weighted by molar-refractivity contribution is -0.125. The summed E-state index contributed by atoms with van der Waals surface area (Å²) < 4.78 is 5.36. The average Bonchev–Trinajstić information content (AvgIpc) is 3.29. The van der Waals surface area contributed by atoms with Crippen LogP contribution in [0.3, 0.4) is 0 Å². The van der Waals surface area contributed by atoms with Gasteiger partial charge in [0.05, 0.1) is 6.10 Å². The Morgan fingerprint density at radius 2 is 1.92 bits per heavy atom. The number of ketones is 1. The first-order chi connectivity index (χ1) is 18.2. The van der Waals surface area contributed by atoms with Crippen molar-refractivity contribution >= 4 is 11.9 Å². The molecule has 0 heterocycles. The van der Waals surface area contributed by atoms with Gasteiger partial charge in [-0.3, -0.25) is 4.79 Å². The van der Waals surface area contributed by atoms with Crippen LogP contribution in [-0.4, -0.2) is 48.2 Å². The van der Waals surface area contributed by atoms with E-state index in [4.69, 9.17) is 4.74 Å². The van der Waals surface area contributed by atoms with Crippen molar-refractivity contribution in [3.8, 4) is 0 Å². The average molecular weight is 528 g/mol. The van der Waals surface area contributed by atoms with E-state index in [1.54, 1.807) is 28.7 Å². The largest absolute Gasteiger partial charge is 0.447 e. The van der Waals surface area contributed by atoms with Crippen LogP contribution in [0.2, 0.25) is 0 Å². The minimum absolute atomic E-state index is 0.0308. The molecule has 5 atom stereocenters. The fourth-order valence-electron chi connectivity index (χ4n) is 8.46. The van der Waals surface area contributed by atoms with Gasteiger partial charge in [-0.2, -0.15) is 0 Å². The molecule has 0 spiro atoms. The van der Waals surface area contributed by atoms with Gasteiger partial charge in [0, 0.05) is 32.5 Å². The molecule has 38 heavy (non-hydrogen) atoms. The number of carbonyl (C=O) groups excluding carboxylic acids is 2. The van der Waals surface area contributed by atoms with Crippen LogP contribution >= 0.6 is 0 Å². The molecule has 1 amide bonds. The Bertz CT molecular complexity index is 905. The molecular weight excluding hydrogens is 474 g/mol. The van der Waals surface area contributed by atoms with E-state index >= 15 is 0 Å². The van der Waals surface area contributed by atoms with E-state index in [-0.39, 0.29) is 24.7 Å². The molecule has 1 N–H and O–H groups in total. The summed E-state index contributed by atoms with van der Waals surface area (Å²) in [6.07, 6.45) is 18.6. The second-order valence-corrected chi connectivity index (χ2v) is 13.3. The molecule has 0 radical (unpaired) electrons. The van der Waals surface area contributed by atoms with Crippen LogP contribution in [0.1, 0.15) is 117 Å². The SMILES string of the molecule is CC(C)OC(=O)N(C)CCC(=O)C(CCCCCCO)[C@H]1C[C@]2(C)CCCC2C2CCC3=CCCCC3=C21. The number of ether oxygens (including phenoxy) is 1. The third-order valence-electron chi connectivity index (χ3n) is 10.3. The zero-order valence-electron chi connectivity index (χ0n) is 24.6.